The molecule has 0 spiro atoms. The largest absolute Gasteiger partial charge is 0.467 e. The molecule has 0 aromatic heterocycles. The fourth-order valence-corrected chi connectivity index (χ4v) is 2.99. The molecule has 0 bridgehead atoms. The van der Waals surface area contributed by atoms with Gasteiger partial charge in [0.05, 0.1) is 12.9 Å². The lowest BCUT2D eigenvalue weighted by Crippen LogP contribution is -2.43. The zero-order valence-electron chi connectivity index (χ0n) is 13.9. The van der Waals surface area contributed by atoms with E-state index in [1.165, 1.54) is 24.4 Å². The van der Waals surface area contributed by atoms with Crippen LogP contribution < -0.4 is 5.32 Å². The number of methoxy groups -OCH3 is 1. The minimum Gasteiger partial charge on any atom is -0.467 e. The summed E-state index contributed by atoms with van der Waals surface area (Å²) >= 11 is 1.48. The summed E-state index contributed by atoms with van der Waals surface area (Å²) in [5, 5.41) is 2.77. The number of thioether (sulfide) groups is 1. The van der Waals surface area contributed by atoms with Crippen molar-refractivity contribution in [3.63, 3.8) is 0 Å². The maximum Gasteiger partial charge on any atom is 0.328 e. The van der Waals surface area contributed by atoms with E-state index in [0.717, 1.165) is 10.5 Å². The van der Waals surface area contributed by atoms with E-state index in [1.807, 2.05) is 39.8 Å². The van der Waals surface area contributed by atoms with Crippen LogP contribution in [-0.4, -0.2) is 30.8 Å². The molecule has 1 aromatic carbocycles. The minimum absolute atomic E-state index is 0.152. The van der Waals surface area contributed by atoms with Gasteiger partial charge >= 0.3 is 5.97 Å². The molecular formula is C17H25NO3S. The molecule has 0 fully saturated rings. The lowest BCUT2D eigenvalue weighted by atomic mass is 10.0. The number of ether oxygens (including phenoxy) is 1. The quantitative estimate of drug-likeness (QED) is 0.619. The van der Waals surface area contributed by atoms with Crippen LogP contribution in [0.2, 0.25) is 0 Å². The molecule has 1 rings (SSSR count). The maximum absolute atomic E-state index is 12.1. The van der Waals surface area contributed by atoms with Gasteiger partial charge in [-0.05, 0) is 37.8 Å². The van der Waals surface area contributed by atoms with Crippen molar-refractivity contribution in [2.75, 3.05) is 12.9 Å². The maximum atomic E-state index is 12.1. The Morgan fingerprint density at radius 1 is 1.27 bits per heavy atom. The summed E-state index contributed by atoms with van der Waals surface area (Å²) in [5.41, 5.74) is 2.36. The molecule has 0 aliphatic carbocycles. The molecule has 0 aliphatic rings. The lowest BCUT2D eigenvalue weighted by Gasteiger charge is -2.18. The Morgan fingerprint density at radius 3 is 2.50 bits per heavy atom. The predicted molar refractivity (Wildman–Crippen MR) is 90.0 cm³/mol. The molecule has 0 unspecified atom stereocenters. The van der Waals surface area contributed by atoms with E-state index in [-0.39, 0.29) is 11.7 Å². The SMILES string of the molecule is COC(=O)[C@@H](CC(C)C)NC(=O)CSc1ccc(C)cc1C. The van der Waals surface area contributed by atoms with Crippen LogP contribution in [0.5, 0.6) is 0 Å². The normalized spacial score (nSPS) is 12.1. The summed E-state index contributed by atoms with van der Waals surface area (Å²) in [5.74, 6) is 0.0474. The molecule has 0 aliphatic heterocycles. The molecule has 1 amide bonds. The summed E-state index contributed by atoms with van der Waals surface area (Å²) < 4.78 is 4.75. The van der Waals surface area contributed by atoms with Gasteiger partial charge < -0.3 is 10.1 Å². The highest BCUT2D eigenvalue weighted by Gasteiger charge is 2.22. The standard InChI is InChI=1S/C17H25NO3S/c1-11(2)8-14(17(20)21-5)18-16(19)10-22-15-7-6-12(3)9-13(15)4/h6-7,9,11,14H,8,10H2,1-5H3,(H,18,19)/t14-/m1/s1. The van der Waals surface area contributed by atoms with Crippen LogP contribution in [0.1, 0.15) is 31.4 Å². The van der Waals surface area contributed by atoms with Crippen molar-refractivity contribution in [3.8, 4) is 0 Å². The van der Waals surface area contributed by atoms with Gasteiger partial charge in [-0.15, -0.1) is 11.8 Å². The average Bonchev–Trinajstić information content (AvgIpc) is 2.44. The van der Waals surface area contributed by atoms with E-state index >= 15 is 0 Å². The van der Waals surface area contributed by atoms with Gasteiger partial charge in [-0.2, -0.15) is 0 Å². The van der Waals surface area contributed by atoms with E-state index < -0.39 is 12.0 Å². The van der Waals surface area contributed by atoms with Gasteiger partial charge in [0.25, 0.3) is 0 Å². The van der Waals surface area contributed by atoms with E-state index in [9.17, 15) is 9.59 Å². The molecule has 5 heteroatoms. The Labute approximate surface area is 137 Å². The summed E-state index contributed by atoms with van der Waals surface area (Å²) in [6, 6.07) is 5.57. The number of nitrogens with one attached hydrogen (secondary N) is 1. The van der Waals surface area contributed by atoms with Crippen LogP contribution in [-0.2, 0) is 14.3 Å². The van der Waals surface area contributed by atoms with E-state index in [1.54, 1.807) is 0 Å². The average molecular weight is 323 g/mol. The van der Waals surface area contributed by atoms with E-state index in [0.29, 0.717) is 12.3 Å². The smallest absolute Gasteiger partial charge is 0.328 e. The van der Waals surface area contributed by atoms with Crippen molar-refractivity contribution in [1.29, 1.82) is 0 Å². The molecule has 1 atom stereocenters. The Balaban J connectivity index is 2.58. The number of aryl methyl sites for hydroxylation is 2. The second kappa shape index (κ2) is 8.83. The first-order valence-electron chi connectivity index (χ1n) is 7.40. The molecular weight excluding hydrogens is 298 g/mol. The van der Waals surface area contributed by atoms with Crippen molar-refractivity contribution < 1.29 is 14.3 Å². The van der Waals surface area contributed by atoms with Gasteiger partial charge in [-0.3, -0.25) is 4.79 Å². The fourth-order valence-electron chi connectivity index (χ4n) is 2.17. The summed E-state index contributed by atoms with van der Waals surface area (Å²) in [6.07, 6.45) is 0.576. The second-order valence-corrected chi connectivity index (χ2v) is 6.85. The first-order valence-corrected chi connectivity index (χ1v) is 8.39. The van der Waals surface area contributed by atoms with Crippen molar-refractivity contribution in [2.45, 2.75) is 45.1 Å². The van der Waals surface area contributed by atoms with E-state index in [4.69, 9.17) is 4.74 Å². The number of amides is 1. The van der Waals surface area contributed by atoms with Crippen LogP contribution in [0.3, 0.4) is 0 Å². The number of benzene rings is 1. The summed E-state index contributed by atoms with van der Waals surface area (Å²) in [6.45, 7) is 8.09. The van der Waals surface area contributed by atoms with Gasteiger partial charge in [-0.1, -0.05) is 31.5 Å². The van der Waals surface area contributed by atoms with Crippen LogP contribution >= 0.6 is 11.8 Å². The Hall–Kier alpha value is -1.49. The van der Waals surface area contributed by atoms with Crippen molar-refractivity contribution in [3.05, 3.63) is 29.3 Å². The highest BCUT2D eigenvalue weighted by atomic mass is 32.2. The highest BCUT2D eigenvalue weighted by molar-refractivity contribution is 8.00. The lowest BCUT2D eigenvalue weighted by molar-refractivity contribution is -0.145. The first-order chi connectivity index (χ1) is 10.3. The van der Waals surface area contributed by atoms with Crippen LogP contribution in [0.15, 0.2) is 23.1 Å². The molecule has 4 nitrogen and oxygen atoms in total. The minimum atomic E-state index is -0.572. The molecule has 0 saturated heterocycles. The Bertz CT molecular complexity index is 529. The topological polar surface area (TPSA) is 55.4 Å². The van der Waals surface area contributed by atoms with Gasteiger partial charge in [0.1, 0.15) is 6.04 Å². The molecule has 0 radical (unpaired) electrons. The first kappa shape index (κ1) is 18.6. The number of hydrogen-bond donors (Lipinski definition) is 1. The zero-order chi connectivity index (χ0) is 16.7. The number of carbonyl (C=O) groups excluding carboxylic acids is 2. The number of hydrogen-bond acceptors (Lipinski definition) is 4. The van der Waals surface area contributed by atoms with Gasteiger partial charge in [0.15, 0.2) is 0 Å². The summed E-state index contributed by atoms with van der Waals surface area (Å²) in [7, 11) is 1.34. The Morgan fingerprint density at radius 2 is 1.95 bits per heavy atom. The zero-order valence-corrected chi connectivity index (χ0v) is 14.8. The number of esters is 1. The fraction of sp³-hybridized carbons (Fsp3) is 0.529. The molecule has 1 aromatic rings. The van der Waals surface area contributed by atoms with Crippen molar-refractivity contribution in [2.24, 2.45) is 5.92 Å². The Kier molecular flexibility index (Phi) is 7.45. The van der Waals surface area contributed by atoms with Crippen LogP contribution in [0.4, 0.5) is 0 Å². The monoisotopic (exact) mass is 323 g/mol. The van der Waals surface area contributed by atoms with Crippen molar-refractivity contribution in [1.82, 2.24) is 5.32 Å². The van der Waals surface area contributed by atoms with Crippen LogP contribution in [0.25, 0.3) is 0 Å². The van der Waals surface area contributed by atoms with Gasteiger partial charge in [-0.25, -0.2) is 4.79 Å². The highest BCUT2D eigenvalue weighted by Crippen LogP contribution is 2.23. The third-order valence-corrected chi connectivity index (χ3v) is 4.39. The number of carbonyl (C=O) groups is 2. The second-order valence-electron chi connectivity index (χ2n) is 5.83. The molecule has 1 N–H and O–H groups in total. The third-order valence-electron chi connectivity index (χ3n) is 3.22. The molecule has 0 saturated carbocycles. The van der Waals surface area contributed by atoms with Crippen LogP contribution in [0, 0.1) is 19.8 Å². The predicted octanol–water partition coefficient (Wildman–Crippen LogP) is 3.10. The third kappa shape index (κ3) is 6.10. The number of rotatable bonds is 7. The summed E-state index contributed by atoms with van der Waals surface area (Å²) in [4.78, 5) is 24.9. The van der Waals surface area contributed by atoms with Gasteiger partial charge in [0, 0.05) is 4.90 Å². The molecule has 0 heterocycles. The molecule has 22 heavy (non-hydrogen) atoms. The van der Waals surface area contributed by atoms with Gasteiger partial charge in [0.2, 0.25) is 5.91 Å². The van der Waals surface area contributed by atoms with Crippen molar-refractivity contribution >= 4 is 23.6 Å². The molecule has 122 valence electrons. The van der Waals surface area contributed by atoms with E-state index in [2.05, 4.69) is 11.4 Å².